The van der Waals surface area contributed by atoms with Crippen LogP contribution >= 0.6 is 11.6 Å². The zero-order valence-electron chi connectivity index (χ0n) is 11.7. The largest absolute Gasteiger partial charge is 0.457 e. The van der Waals surface area contributed by atoms with Crippen LogP contribution in [0.2, 0.25) is 0 Å². The van der Waals surface area contributed by atoms with Crippen LogP contribution in [0.25, 0.3) is 10.9 Å². The Morgan fingerprint density at radius 3 is 2.59 bits per heavy atom. The van der Waals surface area contributed by atoms with Gasteiger partial charge >= 0.3 is 0 Å². The summed E-state index contributed by atoms with van der Waals surface area (Å²) in [5, 5.41) is -0.407. The molecule has 0 aliphatic rings. The van der Waals surface area contributed by atoms with Crippen LogP contribution in [0, 0.1) is 6.92 Å². The molecule has 0 fully saturated rings. The number of ketones is 1. The number of aryl methyl sites for hydroxylation is 1. The molecule has 0 radical (unpaired) electrons. The monoisotopic (exact) mass is 313 g/mol. The summed E-state index contributed by atoms with van der Waals surface area (Å²) in [7, 11) is 0. The van der Waals surface area contributed by atoms with Crippen LogP contribution < -0.4 is 4.74 Å². The number of H-pyrrole nitrogens is 1. The van der Waals surface area contributed by atoms with Crippen molar-refractivity contribution in [2.75, 3.05) is 0 Å². The highest BCUT2D eigenvalue weighted by atomic mass is 35.5. The Morgan fingerprint density at radius 2 is 1.86 bits per heavy atom. The van der Waals surface area contributed by atoms with Gasteiger partial charge < -0.3 is 9.72 Å². The van der Waals surface area contributed by atoms with Crippen LogP contribution in [0.1, 0.15) is 15.9 Å². The molecule has 1 N–H and O–H groups in total. The second-order valence-corrected chi connectivity index (χ2v) is 5.27. The minimum Gasteiger partial charge on any atom is -0.457 e. The number of ether oxygens (including phenoxy) is 1. The van der Waals surface area contributed by atoms with Gasteiger partial charge in [0.1, 0.15) is 11.5 Å². The van der Waals surface area contributed by atoms with Crippen molar-refractivity contribution < 1.29 is 14.3 Å². The topological polar surface area (TPSA) is 59.2 Å². The molecule has 1 heterocycles. The number of benzene rings is 2. The molecular formula is C17H12ClNO3. The summed E-state index contributed by atoms with van der Waals surface area (Å²) in [5.74, 6) is 0.547. The first kappa shape index (κ1) is 14.4. The van der Waals surface area contributed by atoms with E-state index >= 15 is 0 Å². The lowest BCUT2D eigenvalue weighted by atomic mass is 10.1. The standard InChI is InChI=1S/C17H12ClNO3/c1-10-3-2-4-11(7-10)22-12-5-6-15-13(8-12)14(9-19-15)16(20)17(18)21/h2-9,19H,1H3. The molecule has 4 nitrogen and oxygen atoms in total. The van der Waals surface area contributed by atoms with Gasteiger partial charge in [-0.2, -0.15) is 0 Å². The van der Waals surface area contributed by atoms with E-state index in [0.717, 1.165) is 11.1 Å². The van der Waals surface area contributed by atoms with Crippen LogP contribution in [-0.2, 0) is 4.79 Å². The van der Waals surface area contributed by atoms with E-state index in [1.54, 1.807) is 18.2 Å². The van der Waals surface area contributed by atoms with E-state index in [1.165, 1.54) is 6.20 Å². The molecule has 3 aromatic rings. The molecule has 0 bridgehead atoms. The van der Waals surface area contributed by atoms with Crippen LogP contribution in [0.4, 0.5) is 0 Å². The molecule has 110 valence electrons. The van der Waals surface area contributed by atoms with E-state index < -0.39 is 11.0 Å². The highest BCUT2D eigenvalue weighted by Crippen LogP contribution is 2.28. The lowest BCUT2D eigenvalue weighted by Gasteiger charge is -2.06. The maximum absolute atomic E-state index is 11.8. The number of fused-ring (bicyclic) bond motifs is 1. The molecule has 2 aromatic carbocycles. The molecule has 22 heavy (non-hydrogen) atoms. The maximum Gasteiger partial charge on any atom is 0.293 e. The molecule has 3 rings (SSSR count). The summed E-state index contributed by atoms with van der Waals surface area (Å²) in [5.41, 5.74) is 2.06. The molecule has 0 atom stereocenters. The van der Waals surface area contributed by atoms with Crippen LogP contribution in [0.15, 0.2) is 48.7 Å². The van der Waals surface area contributed by atoms with Gasteiger partial charge in [-0.1, -0.05) is 12.1 Å². The summed E-state index contributed by atoms with van der Waals surface area (Å²) >= 11 is 5.27. The summed E-state index contributed by atoms with van der Waals surface area (Å²) in [6.45, 7) is 1.98. The van der Waals surface area contributed by atoms with Gasteiger partial charge in [-0.15, -0.1) is 0 Å². The Kier molecular flexibility index (Phi) is 3.69. The normalized spacial score (nSPS) is 10.6. The van der Waals surface area contributed by atoms with Crippen molar-refractivity contribution in [2.24, 2.45) is 0 Å². The van der Waals surface area contributed by atoms with Crippen molar-refractivity contribution in [2.45, 2.75) is 6.92 Å². The summed E-state index contributed by atoms with van der Waals surface area (Å²) < 4.78 is 5.79. The number of carbonyl (C=O) groups is 2. The molecule has 1 aromatic heterocycles. The van der Waals surface area contributed by atoms with Crippen molar-refractivity contribution in [1.29, 1.82) is 0 Å². The first-order chi connectivity index (χ1) is 10.5. The number of aromatic nitrogens is 1. The number of rotatable bonds is 4. The third kappa shape index (κ3) is 2.73. The van der Waals surface area contributed by atoms with Gasteiger partial charge in [0, 0.05) is 17.1 Å². The molecule has 0 spiro atoms. The molecule has 0 aliphatic heterocycles. The first-order valence-corrected chi connectivity index (χ1v) is 7.02. The molecule has 0 saturated heterocycles. The number of carbonyl (C=O) groups excluding carboxylic acids is 2. The van der Waals surface area contributed by atoms with Gasteiger partial charge in [-0.3, -0.25) is 9.59 Å². The highest BCUT2D eigenvalue weighted by Gasteiger charge is 2.18. The number of hydrogen-bond donors (Lipinski definition) is 1. The van der Waals surface area contributed by atoms with E-state index in [2.05, 4.69) is 4.98 Å². The van der Waals surface area contributed by atoms with Crippen molar-refractivity contribution >= 4 is 33.5 Å². The molecule has 0 aliphatic carbocycles. The average molecular weight is 314 g/mol. The Morgan fingerprint density at radius 1 is 1.09 bits per heavy atom. The molecule has 0 amide bonds. The van der Waals surface area contributed by atoms with Gasteiger partial charge in [0.2, 0.25) is 5.78 Å². The van der Waals surface area contributed by atoms with E-state index in [1.807, 2.05) is 31.2 Å². The van der Waals surface area contributed by atoms with Gasteiger partial charge in [0.05, 0.1) is 5.56 Å². The molecular weight excluding hydrogens is 302 g/mol. The fraction of sp³-hybridized carbons (Fsp3) is 0.0588. The Balaban J connectivity index is 2.00. The van der Waals surface area contributed by atoms with Crippen molar-refractivity contribution in [3.63, 3.8) is 0 Å². The lowest BCUT2D eigenvalue weighted by Crippen LogP contribution is -2.06. The Labute approximate surface area is 131 Å². The second kappa shape index (κ2) is 5.66. The average Bonchev–Trinajstić information content (AvgIpc) is 2.89. The lowest BCUT2D eigenvalue weighted by molar-refractivity contribution is -0.108. The van der Waals surface area contributed by atoms with Crippen molar-refractivity contribution in [1.82, 2.24) is 4.98 Å². The minimum atomic E-state index is -1.01. The first-order valence-electron chi connectivity index (χ1n) is 6.64. The third-order valence-electron chi connectivity index (χ3n) is 3.30. The third-order valence-corrected chi connectivity index (χ3v) is 3.47. The zero-order chi connectivity index (χ0) is 15.7. The van der Waals surface area contributed by atoms with E-state index in [-0.39, 0.29) is 5.56 Å². The molecule has 0 saturated carbocycles. The summed E-state index contributed by atoms with van der Waals surface area (Å²) in [6.07, 6.45) is 1.48. The van der Waals surface area contributed by atoms with Gasteiger partial charge in [0.25, 0.3) is 5.24 Å². The highest BCUT2D eigenvalue weighted by molar-refractivity contribution is 6.83. The second-order valence-electron chi connectivity index (χ2n) is 4.93. The van der Waals surface area contributed by atoms with E-state index in [4.69, 9.17) is 16.3 Å². The van der Waals surface area contributed by atoms with Crippen molar-refractivity contribution in [3.05, 3.63) is 59.8 Å². The Bertz CT molecular complexity index is 882. The maximum atomic E-state index is 11.8. The Hall–Kier alpha value is -2.59. The number of hydrogen-bond acceptors (Lipinski definition) is 3. The fourth-order valence-corrected chi connectivity index (χ4v) is 2.37. The quantitative estimate of drug-likeness (QED) is 0.446. The zero-order valence-corrected chi connectivity index (χ0v) is 12.5. The number of halogens is 1. The molecule has 0 unspecified atom stereocenters. The smallest absolute Gasteiger partial charge is 0.293 e. The van der Waals surface area contributed by atoms with Crippen LogP contribution in [0.5, 0.6) is 11.5 Å². The summed E-state index contributed by atoms with van der Waals surface area (Å²) in [6, 6.07) is 12.9. The van der Waals surface area contributed by atoms with Crippen molar-refractivity contribution in [3.8, 4) is 11.5 Å². The van der Waals surface area contributed by atoms with E-state index in [0.29, 0.717) is 16.9 Å². The van der Waals surface area contributed by atoms with Gasteiger partial charge in [-0.05, 0) is 54.4 Å². The predicted octanol–water partition coefficient (Wildman–Crippen LogP) is 4.22. The predicted molar refractivity (Wildman–Crippen MR) is 84.7 cm³/mol. The number of aromatic amines is 1. The summed E-state index contributed by atoms with van der Waals surface area (Å²) in [4.78, 5) is 25.8. The van der Waals surface area contributed by atoms with E-state index in [9.17, 15) is 9.59 Å². The number of Topliss-reactive ketones (excluding diaryl/α,β-unsaturated/α-hetero) is 1. The SMILES string of the molecule is Cc1cccc(Oc2ccc3[nH]cc(C(=O)C(=O)Cl)c3c2)c1. The van der Waals surface area contributed by atoms with Gasteiger partial charge in [0.15, 0.2) is 0 Å². The number of nitrogens with one attached hydrogen (secondary N) is 1. The fourth-order valence-electron chi connectivity index (χ4n) is 2.27. The minimum absolute atomic E-state index is 0.240. The van der Waals surface area contributed by atoms with Crippen LogP contribution in [0.3, 0.4) is 0 Å². The van der Waals surface area contributed by atoms with Crippen LogP contribution in [-0.4, -0.2) is 16.0 Å². The molecule has 5 heteroatoms. The van der Waals surface area contributed by atoms with Gasteiger partial charge in [-0.25, -0.2) is 0 Å².